The van der Waals surface area contributed by atoms with E-state index in [0.717, 1.165) is 4.90 Å². The van der Waals surface area contributed by atoms with Crippen LogP contribution in [0, 0.1) is 0 Å². The van der Waals surface area contributed by atoms with Crippen LogP contribution in [-0.4, -0.2) is 41.7 Å². The van der Waals surface area contributed by atoms with Gasteiger partial charge in [-0.25, -0.2) is 4.79 Å². The summed E-state index contributed by atoms with van der Waals surface area (Å²) in [5.74, 6) is -1.09. The predicted octanol–water partition coefficient (Wildman–Crippen LogP) is 0.700. The van der Waals surface area contributed by atoms with E-state index in [9.17, 15) is 19.2 Å². The van der Waals surface area contributed by atoms with E-state index in [2.05, 4.69) is 16.0 Å². The molecular formula is C17H16N4O5. The number of carbonyl (C=O) groups is 4. The summed E-state index contributed by atoms with van der Waals surface area (Å²) in [6.07, 6.45) is 1.37. The fourth-order valence-corrected chi connectivity index (χ4v) is 2.41. The Balaban J connectivity index is 1.54. The average Bonchev–Trinajstić information content (AvgIpc) is 3.26. The standard InChI is InChI=1S/C17H16N4O5/c22-14(8-18-16(24)13-5-2-6-26-13)20-12-4-1-3-11(7-12)10-21-15(23)9-19-17(21)25/h1-7H,8-10H2,(H,18,24)(H,19,25)(H,20,22). The van der Waals surface area contributed by atoms with Gasteiger partial charge in [-0.2, -0.15) is 0 Å². The van der Waals surface area contributed by atoms with Crippen LogP contribution in [0.2, 0.25) is 0 Å². The lowest BCUT2D eigenvalue weighted by Crippen LogP contribution is -2.32. The molecule has 0 bridgehead atoms. The summed E-state index contributed by atoms with van der Waals surface area (Å²) >= 11 is 0. The number of rotatable bonds is 6. The van der Waals surface area contributed by atoms with E-state index in [1.54, 1.807) is 30.3 Å². The van der Waals surface area contributed by atoms with E-state index in [0.29, 0.717) is 11.3 Å². The van der Waals surface area contributed by atoms with Crippen LogP contribution in [-0.2, 0) is 16.1 Å². The summed E-state index contributed by atoms with van der Waals surface area (Å²) in [6.45, 7) is -0.120. The fourth-order valence-electron chi connectivity index (χ4n) is 2.41. The van der Waals surface area contributed by atoms with Gasteiger partial charge in [0.2, 0.25) is 11.8 Å². The van der Waals surface area contributed by atoms with Gasteiger partial charge in [0.15, 0.2) is 5.76 Å². The molecule has 3 N–H and O–H groups in total. The molecule has 1 aliphatic rings. The van der Waals surface area contributed by atoms with Gasteiger partial charge in [0.1, 0.15) is 0 Å². The van der Waals surface area contributed by atoms with Crippen molar-refractivity contribution in [2.24, 2.45) is 0 Å². The number of benzene rings is 1. The number of urea groups is 1. The normalized spacial score (nSPS) is 13.5. The second-order valence-electron chi connectivity index (χ2n) is 5.55. The van der Waals surface area contributed by atoms with Crippen LogP contribution in [0.3, 0.4) is 0 Å². The van der Waals surface area contributed by atoms with Crippen LogP contribution in [0.1, 0.15) is 16.1 Å². The summed E-state index contributed by atoms with van der Waals surface area (Å²) in [6, 6.07) is 9.40. The number of imide groups is 1. The van der Waals surface area contributed by atoms with E-state index in [1.165, 1.54) is 12.3 Å². The molecule has 1 fully saturated rings. The first-order valence-corrected chi connectivity index (χ1v) is 7.81. The van der Waals surface area contributed by atoms with Gasteiger partial charge in [0.25, 0.3) is 5.91 Å². The van der Waals surface area contributed by atoms with Gasteiger partial charge in [-0.3, -0.25) is 19.3 Å². The average molecular weight is 356 g/mol. The summed E-state index contributed by atoms with van der Waals surface area (Å²) in [5.41, 5.74) is 1.18. The van der Waals surface area contributed by atoms with Crippen molar-refractivity contribution in [1.82, 2.24) is 15.5 Å². The zero-order chi connectivity index (χ0) is 18.5. The molecule has 26 heavy (non-hydrogen) atoms. The number of amides is 5. The lowest BCUT2D eigenvalue weighted by molar-refractivity contribution is -0.125. The lowest BCUT2D eigenvalue weighted by atomic mass is 10.2. The molecular weight excluding hydrogens is 340 g/mol. The zero-order valence-corrected chi connectivity index (χ0v) is 13.7. The number of hydrogen-bond acceptors (Lipinski definition) is 5. The number of anilines is 1. The van der Waals surface area contributed by atoms with Gasteiger partial charge in [0, 0.05) is 5.69 Å². The second kappa shape index (κ2) is 7.51. The summed E-state index contributed by atoms with van der Waals surface area (Å²) in [4.78, 5) is 48.0. The van der Waals surface area contributed by atoms with Gasteiger partial charge < -0.3 is 20.4 Å². The molecule has 2 heterocycles. The molecule has 3 rings (SSSR count). The van der Waals surface area contributed by atoms with Crippen molar-refractivity contribution < 1.29 is 23.6 Å². The number of hydrogen-bond donors (Lipinski definition) is 3. The molecule has 0 atom stereocenters. The minimum absolute atomic E-state index is 0.00930. The first-order chi connectivity index (χ1) is 12.5. The van der Waals surface area contributed by atoms with Crippen LogP contribution in [0.25, 0.3) is 0 Å². The highest BCUT2D eigenvalue weighted by atomic mass is 16.3. The van der Waals surface area contributed by atoms with Gasteiger partial charge in [-0.15, -0.1) is 0 Å². The second-order valence-corrected chi connectivity index (χ2v) is 5.55. The quantitative estimate of drug-likeness (QED) is 0.658. The van der Waals surface area contributed by atoms with Crippen LogP contribution in [0.5, 0.6) is 0 Å². The van der Waals surface area contributed by atoms with Crippen molar-refractivity contribution in [3.8, 4) is 0 Å². The maximum absolute atomic E-state index is 12.0. The van der Waals surface area contributed by atoms with Crippen molar-refractivity contribution >= 4 is 29.4 Å². The monoisotopic (exact) mass is 356 g/mol. The van der Waals surface area contributed by atoms with Gasteiger partial charge >= 0.3 is 6.03 Å². The highest BCUT2D eigenvalue weighted by Crippen LogP contribution is 2.14. The number of nitrogens with zero attached hydrogens (tertiary/aromatic N) is 1. The molecule has 9 nitrogen and oxygen atoms in total. The van der Waals surface area contributed by atoms with Crippen LogP contribution in [0.15, 0.2) is 47.1 Å². The predicted molar refractivity (Wildman–Crippen MR) is 90.1 cm³/mol. The maximum atomic E-state index is 12.0. The van der Waals surface area contributed by atoms with E-state index in [4.69, 9.17) is 4.42 Å². The Morgan fingerprint density at radius 1 is 1.19 bits per heavy atom. The molecule has 134 valence electrons. The Morgan fingerprint density at radius 3 is 2.73 bits per heavy atom. The maximum Gasteiger partial charge on any atom is 0.324 e. The lowest BCUT2D eigenvalue weighted by Gasteiger charge is -2.13. The van der Waals surface area contributed by atoms with E-state index in [-0.39, 0.29) is 31.3 Å². The van der Waals surface area contributed by atoms with Crippen molar-refractivity contribution in [1.29, 1.82) is 0 Å². The fraction of sp³-hybridized carbons (Fsp3) is 0.176. The Bertz CT molecular complexity index is 831. The molecule has 1 aromatic carbocycles. The van der Waals surface area contributed by atoms with Crippen molar-refractivity contribution in [2.45, 2.75) is 6.54 Å². The molecule has 9 heteroatoms. The Labute approximate surface area is 148 Å². The molecule has 2 aromatic rings. The Hall–Kier alpha value is -3.62. The topological polar surface area (TPSA) is 121 Å². The van der Waals surface area contributed by atoms with E-state index < -0.39 is 17.8 Å². The largest absolute Gasteiger partial charge is 0.459 e. The van der Waals surface area contributed by atoms with Crippen LogP contribution >= 0.6 is 0 Å². The smallest absolute Gasteiger partial charge is 0.324 e. The number of furan rings is 1. The van der Waals surface area contributed by atoms with Crippen molar-refractivity contribution in [3.63, 3.8) is 0 Å². The molecule has 1 saturated heterocycles. The first kappa shape index (κ1) is 17.2. The third-order valence-corrected chi connectivity index (χ3v) is 3.64. The molecule has 0 aliphatic carbocycles. The van der Waals surface area contributed by atoms with Crippen LogP contribution < -0.4 is 16.0 Å². The minimum Gasteiger partial charge on any atom is -0.459 e. The highest BCUT2D eigenvalue weighted by Gasteiger charge is 2.28. The molecule has 1 aromatic heterocycles. The molecule has 1 aliphatic heterocycles. The van der Waals surface area contributed by atoms with Crippen LogP contribution in [0.4, 0.5) is 10.5 Å². The molecule has 0 unspecified atom stereocenters. The number of carbonyl (C=O) groups excluding carboxylic acids is 4. The Kier molecular flexibility index (Phi) is 4.97. The van der Waals surface area contributed by atoms with Crippen molar-refractivity contribution in [2.75, 3.05) is 18.4 Å². The third-order valence-electron chi connectivity index (χ3n) is 3.64. The molecule has 0 saturated carbocycles. The van der Waals surface area contributed by atoms with Crippen molar-refractivity contribution in [3.05, 3.63) is 54.0 Å². The van der Waals surface area contributed by atoms with E-state index in [1.807, 2.05) is 0 Å². The molecule has 5 amide bonds. The molecule has 0 spiro atoms. The van der Waals surface area contributed by atoms with Gasteiger partial charge in [-0.1, -0.05) is 12.1 Å². The zero-order valence-electron chi connectivity index (χ0n) is 13.7. The van der Waals surface area contributed by atoms with E-state index >= 15 is 0 Å². The van der Waals surface area contributed by atoms with Gasteiger partial charge in [0.05, 0.1) is 25.9 Å². The minimum atomic E-state index is -0.488. The SMILES string of the molecule is O=C(CNC(=O)c1ccco1)Nc1cccc(CN2C(=O)CNC2=O)c1. The first-order valence-electron chi connectivity index (χ1n) is 7.81. The summed E-state index contributed by atoms with van der Waals surface area (Å²) in [7, 11) is 0. The Morgan fingerprint density at radius 2 is 2.04 bits per heavy atom. The van der Waals surface area contributed by atoms with Gasteiger partial charge in [-0.05, 0) is 29.8 Å². The number of nitrogens with one attached hydrogen (secondary N) is 3. The summed E-state index contributed by atoms with van der Waals surface area (Å²) in [5, 5.41) is 7.53. The third kappa shape index (κ3) is 4.07. The molecule has 0 radical (unpaired) electrons. The summed E-state index contributed by atoms with van der Waals surface area (Å²) < 4.78 is 4.93. The highest BCUT2D eigenvalue weighted by molar-refractivity contribution is 6.02.